The van der Waals surface area contributed by atoms with Crippen LogP contribution in [0.4, 0.5) is 0 Å². The van der Waals surface area contributed by atoms with Gasteiger partial charge < -0.3 is 10.1 Å². The predicted molar refractivity (Wildman–Crippen MR) is 52.5 cm³/mol. The molecule has 3 nitrogen and oxygen atoms in total. The lowest BCUT2D eigenvalue weighted by molar-refractivity contribution is -0.138. The third-order valence-corrected chi connectivity index (χ3v) is 1.78. The smallest absolute Gasteiger partial charge is 0.293 e. The van der Waals surface area contributed by atoms with E-state index in [9.17, 15) is 4.79 Å². The van der Waals surface area contributed by atoms with Gasteiger partial charge in [-0.1, -0.05) is 15.9 Å². The van der Waals surface area contributed by atoms with Gasteiger partial charge in [0.25, 0.3) is 6.47 Å². The molecule has 1 aliphatic heterocycles. The van der Waals surface area contributed by atoms with Crippen LogP contribution in [-0.2, 0) is 9.53 Å². The predicted octanol–water partition coefficient (Wildman–Crippen LogP) is 1.31. The zero-order valence-corrected chi connectivity index (χ0v) is 9.35. The van der Waals surface area contributed by atoms with E-state index < -0.39 is 0 Å². The number of halogens is 1. The van der Waals surface area contributed by atoms with Crippen LogP contribution in [0.3, 0.4) is 0 Å². The van der Waals surface area contributed by atoms with Crippen LogP contribution in [0.15, 0.2) is 0 Å². The topological polar surface area (TPSA) is 38.3 Å². The summed E-state index contributed by atoms with van der Waals surface area (Å²) in [5.74, 6) is 0. The molecule has 1 saturated heterocycles. The van der Waals surface area contributed by atoms with Gasteiger partial charge in [0.1, 0.15) is 5.60 Å². The second-order valence-corrected chi connectivity index (χ2v) is 4.88. The van der Waals surface area contributed by atoms with E-state index in [-0.39, 0.29) is 5.60 Å². The van der Waals surface area contributed by atoms with Crippen LogP contribution >= 0.6 is 15.9 Å². The number of ether oxygens (including phenoxy) is 1. The van der Waals surface area contributed by atoms with Crippen molar-refractivity contribution in [1.29, 1.82) is 0 Å². The van der Waals surface area contributed by atoms with Gasteiger partial charge in [0, 0.05) is 17.9 Å². The van der Waals surface area contributed by atoms with Crippen molar-refractivity contribution in [3.8, 4) is 0 Å². The van der Waals surface area contributed by atoms with Crippen LogP contribution in [0.2, 0.25) is 0 Å². The van der Waals surface area contributed by atoms with E-state index >= 15 is 0 Å². The molecule has 0 radical (unpaired) electrons. The number of nitrogens with one attached hydrogen (secondary N) is 1. The SMILES string of the molecule is BrC1CNC1.CC(C)(C)OC=O. The highest BCUT2D eigenvalue weighted by molar-refractivity contribution is 9.09. The van der Waals surface area contributed by atoms with Gasteiger partial charge in [-0.3, -0.25) is 4.79 Å². The van der Waals surface area contributed by atoms with E-state index in [1.807, 2.05) is 20.8 Å². The van der Waals surface area contributed by atoms with Crippen molar-refractivity contribution in [2.45, 2.75) is 31.2 Å². The summed E-state index contributed by atoms with van der Waals surface area (Å²) < 4.78 is 4.55. The van der Waals surface area contributed by atoms with Crippen molar-refractivity contribution in [2.24, 2.45) is 0 Å². The summed E-state index contributed by atoms with van der Waals surface area (Å²) in [6.07, 6.45) is 0. The van der Waals surface area contributed by atoms with Crippen LogP contribution in [0.25, 0.3) is 0 Å². The highest BCUT2D eigenvalue weighted by atomic mass is 79.9. The molecule has 4 heteroatoms. The Kier molecular flexibility index (Phi) is 5.50. The normalized spacial score (nSPS) is 17.0. The fraction of sp³-hybridized carbons (Fsp3) is 0.875. The minimum Gasteiger partial charge on any atom is -0.462 e. The summed E-state index contributed by atoms with van der Waals surface area (Å²) in [6, 6.07) is 0. The molecule has 0 aliphatic carbocycles. The maximum absolute atomic E-state index is 9.60. The molecule has 0 unspecified atom stereocenters. The van der Waals surface area contributed by atoms with Crippen LogP contribution in [-0.4, -0.2) is 30.0 Å². The zero-order valence-electron chi connectivity index (χ0n) is 7.76. The Bertz CT molecular complexity index is 130. The lowest BCUT2D eigenvalue weighted by Gasteiger charge is -2.19. The standard InChI is InChI=1S/C5H10O2.C3H6BrN/c1-5(2,3)7-4-6;4-3-1-5-2-3/h4H,1-3H3;3,5H,1-2H2. The first-order chi connectivity index (χ1) is 5.45. The molecule has 0 amide bonds. The van der Waals surface area contributed by atoms with Gasteiger partial charge in [-0.15, -0.1) is 0 Å². The van der Waals surface area contributed by atoms with Crippen molar-refractivity contribution in [3.63, 3.8) is 0 Å². The van der Waals surface area contributed by atoms with E-state index in [1.54, 1.807) is 0 Å². The molecule has 0 aromatic carbocycles. The van der Waals surface area contributed by atoms with Gasteiger partial charge in [-0.05, 0) is 20.8 Å². The zero-order chi connectivity index (χ0) is 9.61. The molecule has 0 aromatic rings. The lowest BCUT2D eigenvalue weighted by Crippen LogP contribution is -2.42. The van der Waals surface area contributed by atoms with Crippen molar-refractivity contribution in [3.05, 3.63) is 0 Å². The molecule has 0 aromatic heterocycles. The molecular weight excluding hydrogens is 222 g/mol. The Morgan fingerprint density at radius 3 is 1.92 bits per heavy atom. The van der Waals surface area contributed by atoms with Gasteiger partial charge in [0.05, 0.1) is 0 Å². The third-order valence-electron chi connectivity index (χ3n) is 1.13. The van der Waals surface area contributed by atoms with Gasteiger partial charge in [-0.2, -0.15) is 0 Å². The van der Waals surface area contributed by atoms with E-state index in [0.29, 0.717) is 6.47 Å². The average Bonchev–Trinajstić information content (AvgIpc) is 1.82. The van der Waals surface area contributed by atoms with Crippen LogP contribution in [0, 0.1) is 0 Å². The Balaban J connectivity index is 0.000000211. The van der Waals surface area contributed by atoms with E-state index in [1.165, 1.54) is 0 Å². The van der Waals surface area contributed by atoms with Gasteiger partial charge >= 0.3 is 0 Å². The van der Waals surface area contributed by atoms with Gasteiger partial charge in [0.15, 0.2) is 0 Å². The van der Waals surface area contributed by atoms with Crippen molar-refractivity contribution >= 4 is 22.4 Å². The fourth-order valence-electron chi connectivity index (χ4n) is 0.398. The first-order valence-corrected chi connectivity index (χ1v) is 4.83. The summed E-state index contributed by atoms with van der Waals surface area (Å²) in [5, 5.41) is 3.11. The van der Waals surface area contributed by atoms with Crippen molar-refractivity contribution in [1.82, 2.24) is 5.32 Å². The molecular formula is C8H16BrNO2. The first-order valence-electron chi connectivity index (χ1n) is 3.92. The second-order valence-electron chi connectivity index (χ2n) is 3.58. The number of hydrogen-bond acceptors (Lipinski definition) is 3. The molecule has 1 rings (SSSR count). The van der Waals surface area contributed by atoms with E-state index in [4.69, 9.17) is 0 Å². The number of rotatable bonds is 1. The molecule has 1 fully saturated rings. The summed E-state index contributed by atoms with van der Waals surface area (Å²) >= 11 is 3.40. The molecule has 72 valence electrons. The summed E-state index contributed by atoms with van der Waals surface area (Å²) in [6.45, 7) is 8.23. The fourth-order valence-corrected chi connectivity index (χ4v) is 0.856. The van der Waals surface area contributed by atoms with Crippen molar-refractivity contribution < 1.29 is 9.53 Å². The highest BCUT2D eigenvalue weighted by Gasteiger charge is 2.10. The Morgan fingerprint density at radius 2 is 1.92 bits per heavy atom. The molecule has 0 atom stereocenters. The number of hydrogen-bond donors (Lipinski definition) is 1. The maximum Gasteiger partial charge on any atom is 0.293 e. The third kappa shape index (κ3) is 8.01. The quantitative estimate of drug-likeness (QED) is 0.553. The largest absolute Gasteiger partial charge is 0.462 e. The number of alkyl halides is 1. The molecule has 12 heavy (non-hydrogen) atoms. The second kappa shape index (κ2) is 5.54. The Morgan fingerprint density at radius 1 is 1.50 bits per heavy atom. The number of carbonyl (C=O) groups excluding carboxylic acids is 1. The first kappa shape index (κ1) is 11.9. The van der Waals surface area contributed by atoms with Gasteiger partial charge in [0.2, 0.25) is 0 Å². The molecule has 1 heterocycles. The Labute approximate surface area is 82.0 Å². The summed E-state index contributed by atoms with van der Waals surface area (Å²) in [5.41, 5.74) is -0.318. The summed E-state index contributed by atoms with van der Waals surface area (Å²) in [4.78, 5) is 10.4. The molecule has 1 N–H and O–H groups in total. The molecule has 0 spiro atoms. The van der Waals surface area contributed by atoms with Crippen LogP contribution < -0.4 is 5.32 Å². The van der Waals surface area contributed by atoms with Gasteiger partial charge in [-0.25, -0.2) is 0 Å². The van der Waals surface area contributed by atoms with Crippen molar-refractivity contribution in [2.75, 3.05) is 13.1 Å². The highest BCUT2D eigenvalue weighted by Crippen LogP contribution is 2.02. The minimum absolute atomic E-state index is 0.318. The molecule has 1 aliphatic rings. The molecule has 0 saturated carbocycles. The average molecular weight is 238 g/mol. The van der Waals surface area contributed by atoms with E-state index in [2.05, 4.69) is 26.0 Å². The van der Waals surface area contributed by atoms with Crippen LogP contribution in [0.5, 0.6) is 0 Å². The van der Waals surface area contributed by atoms with Crippen LogP contribution in [0.1, 0.15) is 20.8 Å². The molecule has 0 bridgehead atoms. The Hall–Kier alpha value is -0.0900. The monoisotopic (exact) mass is 237 g/mol. The summed E-state index contributed by atoms with van der Waals surface area (Å²) in [7, 11) is 0. The maximum atomic E-state index is 9.60. The number of carbonyl (C=O) groups is 1. The lowest BCUT2D eigenvalue weighted by atomic mass is 10.2. The minimum atomic E-state index is -0.318. The van der Waals surface area contributed by atoms with E-state index in [0.717, 1.165) is 17.9 Å².